The summed E-state index contributed by atoms with van der Waals surface area (Å²) < 4.78 is 68.4. The van der Waals surface area contributed by atoms with Gasteiger partial charge in [-0.1, -0.05) is 369 Å². The molecule has 0 spiro atoms. The molecule has 0 bridgehead atoms. The third-order valence-corrected chi connectivity index (χ3v) is 20.8. The Balaban J connectivity index is 5.11. The predicted molar refractivity (Wildman–Crippen MR) is 400 cm³/mol. The highest BCUT2D eigenvalue weighted by atomic mass is 31.2. The lowest BCUT2D eigenvalue weighted by Gasteiger charge is -2.21. The fourth-order valence-electron chi connectivity index (χ4n) is 12.2. The second-order valence-corrected chi connectivity index (χ2v) is 31.6. The molecule has 0 heterocycles. The summed E-state index contributed by atoms with van der Waals surface area (Å²) in [6, 6.07) is 0. The molecule has 0 aliphatic heterocycles. The van der Waals surface area contributed by atoms with Crippen LogP contribution in [0.4, 0.5) is 0 Å². The number of hydrogen-bond acceptors (Lipinski definition) is 15. The highest BCUT2D eigenvalue weighted by Gasteiger charge is 2.30. The summed E-state index contributed by atoms with van der Waals surface area (Å²) >= 11 is 0. The summed E-state index contributed by atoms with van der Waals surface area (Å²) in [6.07, 6.45) is 62.8. The van der Waals surface area contributed by atoms with Gasteiger partial charge >= 0.3 is 39.5 Å². The van der Waals surface area contributed by atoms with Crippen molar-refractivity contribution >= 4 is 39.5 Å². The van der Waals surface area contributed by atoms with Gasteiger partial charge in [-0.2, -0.15) is 0 Å². The Kier molecular flexibility index (Phi) is 70.6. The first kappa shape index (κ1) is 96.1. The van der Waals surface area contributed by atoms with Crippen LogP contribution in [0.25, 0.3) is 0 Å². The van der Waals surface area contributed by atoms with E-state index in [9.17, 15) is 43.2 Å². The van der Waals surface area contributed by atoms with Gasteiger partial charge in [0.25, 0.3) is 0 Å². The van der Waals surface area contributed by atoms with Crippen molar-refractivity contribution in [3.8, 4) is 0 Å². The highest BCUT2D eigenvalue weighted by molar-refractivity contribution is 7.47. The third-order valence-electron chi connectivity index (χ3n) is 18.9. The molecule has 0 saturated heterocycles. The zero-order chi connectivity index (χ0) is 71.9. The molecule has 0 aliphatic carbocycles. The number of rotatable bonds is 79. The van der Waals surface area contributed by atoms with Gasteiger partial charge in [-0.05, 0) is 31.6 Å². The molecule has 0 aromatic rings. The molecule has 6 atom stereocenters. The van der Waals surface area contributed by atoms with Crippen molar-refractivity contribution < 1.29 is 80.2 Å². The van der Waals surface area contributed by atoms with E-state index in [1.165, 1.54) is 238 Å². The van der Waals surface area contributed by atoms with Gasteiger partial charge in [0.15, 0.2) is 12.2 Å². The van der Waals surface area contributed by atoms with Crippen molar-refractivity contribution in [1.82, 2.24) is 0 Å². The number of unbranched alkanes of at least 4 members (excludes halogenated alkanes) is 50. The lowest BCUT2D eigenvalue weighted by atomic mass is 9.99. The summed E-state index contributed by atoms with van der Waals surface area (Å²) in [5.41, 5.74) is 0. The number of esters is 4. The van der Waals surface area contributed by atoms with Gasteiger partial charge in [0.2, 0.25) is 0 Å². The number of ether oxygens (including phenoxy) is 4. The molecular formula is C79H154O17P2. The topological polar surface area (TPSA) is 237 Å². The molecule has 0 fully saturated rings. The van der Waals surface area contributed by atoms with E-state index >= 15 is 0 Å². The number of carbonyl (C=O) groups excluding carboxylic acids is 4. The van der Waals surface area contributed by atoms with Crippen LogP contribution in [0.2, 0.25) is 0 Å². The van der Waals surface area contributed by atoms with Gasteiger partial charge in [0.05, 0.1) is 26.4 Å². The molecule has 0 rings (SSSR count). The van der Waals surface area contributed by atoms with Gasteiger partial charge in [-0.15, -0.1) is 0 Å². The average Bonchev–Trinajstić information content (AvgIpc) is 1.55. The van der Waals surface area contributed by atoms with E-state index in [0.29, 0.717) is 25.7 Å². The lowest BCUT2D eigenvalue weighted by molar-refractivity contribution is -0.161. The minimum atomic E-state index is -4.96. The van der Waals surface area contributed by atoms with Crippen LogP contribution < -0.4 is 0 Å². The fraction of sp³-hybridized carbons (Fsp3) is 0.949. The Morgan fingerprint density at radius 1 is 0.286 bits per heavy atom. The standard InChI is InChI=1S/C79H154O17P2/c1-6-10-13-16-18-20-22-24-26-29-33-37-40-44-48-53-58-63-77(82)90-69-75(96-79(84)65-60-55-50-46-42-38-34-31-28-27-30-32-35-39-43-47-52-56-61-72(5)9-4)71-94-98(87,88)92-67-73(80)66-91-97(85,86)93-70-74(68-89-76(81)62-57-51-15-12-8-3)95-78(83)64-59-54-49-45-41-36-25-23-21-19-17-14-11-7-2/h72-75,80H,6-71H2,1-5H3,(H,85,86)(H,87,88)/t72?,73-,74+,75+/m0/s1. The van der Waals surface area contributed by atoms with E-state index in [1.54, 1.807) is 0 Å². The number of aliphatic hydroxyl groups is 1. The van der Waals surface area contributed by atoms with Crippen molar-refractivity contribution in [2.45, 2.75) is 438 Å². The van der Waals surface area contributed by atoms with Crippen molar-refractivity contribution in [2.24, 2.45) is 5.92 Å². The maximum absolute atomic E-state index is 13.1. The molecule has 0 saturated carbocycles. The van der Waals surface area contributed by atoms with E-state index in [2.05, 4.69) is 34.6 Å². The first-order valence-electron chi connectivity index (χ1n) is 41.2. The van der Waals surface area contributed by atoms with Crippen LogP contribution in [-0.4, -0.2) is 96.7 Å². The van der Waals surface area contributed by atoms with E-state index in [-0.39, 0.29) is 25.7 Å². The summed E-state index contributed by atoms with van der Waals surface area (Å²) in [5, 5.41) is 10.6. The van der Waals surface area contributed by atoms with Crippen molar-refractivity contribution in [1.29, 1.82) is 0 Å². The van der Waals surface area contributed by atoms with Crippen LogP contribution in [-0.2, 0) is 65.4 Å². The van der Waals surface area contributed by atoms with Gasteiger partial charge in [0.1, 0.15) is 19.3 Å². The Morgan fingerprint density at radius 3 is 0.724 bits per heavy atom. The molecule has 98 heavy (non-hydrogen) atoms. The van der Waals surface area contributed by atoms with Gasteiger partial charge in [-0.25, -0.2) is 9.13 Å². The Labute approximate surface area is 600 Å². The number of aliphatic hydroxyl groups excluding tert-OH is 1. The van der Waals surface area contributed by atoms with E-state index in [0.717, 1.165) is 102 Å². The van der Waals surface area contributed by atoms with Crippen molar-refractivity contribution in [2.75, 3.05) is 39.6 Å². The fourth-order valence-corrected chi connectivity index (χ4v) is 13.8. The van der Waals surface area contributed by atoms with Crippen molar-refractivity contribution in [3.05, 3.63) is 0 Å². The molecule has 3 N–H and O–H groups in total. The van der Waals surface area contributed by atoms with Crippen LogP contribution in [0.15, 0.2) is 0 Å². The number of carbonyl (C=O) groups is 4. The summed E-state index contributed by atoms with van der Waals surface area (Å²) in [4.78, 5) is 72.6. The van der Waals surface area contributed by atoms with Gasteiger partial charge < -0.3 is 33.8 Å². The summed E-state index contributed by atoms with van der Waals surface area (Å²) in [6.45, 7) is 7.30. The molecule has 0 amide bonds. The van der Waals surface area contributed by atoms with Gasteiger partial charge in [0, 0.05) is 25.7 Å². The zero-order valence-corrected chi connectivity index (χ0v) is 65.7. The predicted octanol–water partition coefficient (Wildman–Crippen LogP) is 23.6. The number of phosphoric ester groups is 2. The molecule has 0 aromatic heterocycles. The maximum Gasteiger partial charge on any atom is 0.472 e. The minimum absolute atomic E-state index is 0.107. The molecule has 3 unspecified atom stereocenters. The number of hydrogen-bond donors (Lipinski definition) is 3. The molecule has 582 valence electrons. The summed E-state index contributed by atoms with van der Waals surface area (Å²) in [5.74, 6) is -1.25. The maximum atomic E-state index is 13.1. The van der Waals surface area contributed by atoms with Crippen LogP contribution >= 0.6 is 15.6 Å². The molecule has 0 aromatic carbocycles. The second-order valence-electron chi connectivity index (χ2n) is 28.7. The minimum Gasteiger partial charge on any atom is -0.462 e. The normalized spacial score (nSPS) is 14.2. The Morgan fingerprint density at radius 2 is 0.490 bits per heavy atom. The van der Waals surface area contributed by atoms with E-state index < -0.39 is 97.5 Å². The molecule has 17 nitrogen and oxygen atoms in total. The zero-order valence-electron chi connectivity index (χ0n) is 63.9. The van der Waals surface area contributed by atoms with Crippen LogP contribution in [0.5, 0.6) is 0 Å². The Hall–Kier alpha value is -1.94. The van der Waals surface area contributed by atoms with Gasteiger partial charge in [-0.3, -0.25) is 37.3 Å². The van der Waals surface area contributed by atoms with Crippen LogP contribution in [0.3, 0.4) is 0 Å². The van der Waals surface area contributed by atoms with Crippen LogP contribution in [0, 0.1) is 5.92 Å². The Bertz CT molecular complexity index is 1880. The smallest absolute Gasteiger partial charge is 0.462 e. The first-order valence-corrected chi connectivity index (χ1v) is 44.2. The average molecular weight is 1440 g/mol. The lowest BCUT2D eigenvalue weighted by Crippen LogP contribution is -2.30. The quantitative estimate of drug-likeness (QED) is 0.0222. The molecule has 0 aliphatic rings. The second kappa shape index (κ2) is 72.0. The van der Waals surface area contributed by atoms with E-state index in [4.69, 9.17) is 37.0 Å². The summed E-state index contributed by atoms with van der Waals surface area (Å²) in [7, 11) is -9.90. The molecule has 0 radical (unpaired) electrons. The first-order chi connectivity index (χ1) is 47.6. The molecular weight excluding hydrogens is 1280 g/mol. The third kappa shape index (κ3) is 71.1. The SMILES string of the molecule is CCCCCCCCCCCCCCCCCCCC(=O)OC[C@H](COP(=O)(O)OC[C@@H](O)COP(=O)(O)OC[C@@H](COC(=O)CCCCCCC)OC(=O)CCCCCCCCCCCCCCCC)OC(=O)CCCCCCCCCCCCCCCCCCCCC(C)CC. The van der Waals surface area contributed by atoms with Crippen molar-refractivity contribution in [3.63, 3.8) is 0 Å². The van der Waals surface area contributed by atoms with E-state index in [1.807, 2.05) is 0 Å². The number of phosphoric acid groups is 2. The van der Waals surface area contributed by atoms with Crippen LogP contribution in [0.1, 0.15) is 420 Å². The highest BCUT2D eigenvalue weighted by Crippen LogP contribution is 2.45. The monoisotopic (exact) mass is 1440 g/mol. The largest absolute Gasteiger partial charge is 0.472 e. The molecule has 19 heteroatoms.